The molecule has 5 rings (SSSR count). The third-order valence-corrected chi connectivity index (χ3v) is 5.79. The van der Waals surface area contributed by atoms with Crippen LogP contribution in [-0.4, -0.2) is 4.57 Å². The van der Waals surface area contributed by atoms with Gasteiger partial charge in [0.15, 0.2) is 0 Å². The molecule has 1 aliphatic rings. The highest BCUT2D eigenvalue weighted by atomic mass is 79.9. The lowest BCUT2D eigenvalue weighted by molar-refractivity contribution is 0.913. The van der Waals surface area contributed by atoms with Gasteiger partial charge < -0.3 is 4.57 Å². The van der Waals surface area contributed by atoms with Gasteiger partial charge in [-0.25, -0.2) is 0 Å². The van der Waals surface area contributed by atoms with Crippen LogP contribution in [0.2, 0.25) is 0 Å². The quantitative estimate of drug-likeness (QED) is 0.340. The highest BCUT2D eigenvalue weighted by molar-refractivity contribution is 9.10. The minimum atomic E-state index is 0.373. The van der Waals surface area contributed by atoms with Gasteiger partial charge in [0.1, 0.15) is 0 Å². The van der Waals surface area contributed by atoms with Gasteiger partial charge in [0.2, 0.25) is 0 Å². The molecule has 4 aromatic rings. The summed E-state index contributed by atoms with van der Waals surface area (Å²) in [6.07, 6.45) is 0. The van der Waals surface area contributed by atoms with E-state index in [4.69, 9.17) is 0 Å². The first-order valence-corrected chi connectivity index (χ1v) is 9.69. The number of rotatable bonds is 2. The van der Waals surface area contributed by atoms with Crippen LogP contribution in [0.25, 0.3) is 28.1 Å². The molecule has 0 amide bonds. The lowest BCUT2D eigenvalue weighted by atomic mass is 9.94. The molecule has 0 aliphatic carbocycles. The van der Waals surface area contributed by atoms with Crippen molar-refractivity contribution in [1.82, 2.24) is 4.57 Å². The molecule has 0 fully saturated rings. The fraction of sp³-hybridized carbons (Fsp3) is 0.0833. The van der Waals surface area contributed by atoms with Crippen molar-refractivity contribution in [3.05, 3.63) is 101 Å². The summed E-state index contributed by atoms with van der Waals surface area (Å²) in [5, 5.41) is 0. The highest BCUT2D eigenvalue weighted by Gasteiger charge is 2.31. The highest BCUT2D eigenvalue weighted by Crippen LogP contribution is 2.47. The molecule has 0 saturated heterocycles. The maximum atomic E-state index is 3.63. The topological polar surface area (TPSA) is 4.93 Å². The molecular weight excluding hydrogens is 382 g/mol. The van der Waals surface area contributed by atoms with E-state index in [0.29, 0.717) is 5.92 Å². The summed E-state index contributed by atoms with van der Waals surface area (Å²) >= 11 is 3.63. The fourth-order valence-electron chi connectivity index (χ4n) is 4.13. The molecule has 1 aromatic heterocycles. The van der Waals surface area contributed by atoms with E-state index >= 15 is 0 Å². The summed E-state index contributed by atoms with van der Waals surface area (Å²) in [6, 6.07) is 30.4. The van der Waals surface area contributed by atoms with E-state index in [1.807, 2.05) is 0 Å². The largest absolute Gasteiger partial charge is 0.312 e. The second-order valence-corrected chi connectivity index (χ2v) is 7.74. The zero-order valence-corrected chi connectivity index (χ0v) is 16.1. The minimum Gasteiger partial charge on any atom is -0.312 e. The number of fused-ring (bicyclic) bond motifs is 3. The van der Waals surface area contributed by atoms with Gasteiger partial charge in [-0.05, 0) is 41.0 Å². The monoisotopic (exact) mass is 399 g/mol. The van der Waals surface area contributed by atoms with E-state index < -0.39 is 0 Å². The predicted octanol–water partition coefficient (Wildman–Crippen LogP) is 7.04. The maximum absolute atomic E-state index is 3.63. The van der Waals surface area contributed by atoms with Gasteiger partial charge in [0, 0.05) is 27.3 Å². The van der Waals surface area contributed by atoms with Gasteiger partial charge in [-0.3, -0.25) is 0 Å². The van der Waals surface area contributed by atoms with Crippen molar-refractivity contribution < 1.29 is 0 Å². The van der Waals surface area contributed by atoms with Crippen molar-refractivity contribution in [3.63, 3.8) is 0 Å². The predicted molar refractivity (Wildman–Crippen MR) is 112 cm³/mol. The molecule has 0 spiro atoms. The van der Waals surface area contributed by atoms with Crippen molar-refractivity contribution in [2.24, 2.45) is 0 Å². The molecule has 126 valence electrons. The summed E-state index contributed by atoms with van der Waals surface area (Å²) in [5.74, 6) is 0.373. The summed E-state index contributed by atoms with van der Waals surface area (Å²) < 4.78 is 3.56. The van der Waals surface area contributed by atoms with Crippen molar-refractivity contribution in [1.29, 1.82) is 0 Å². The fourth-order valence-corrected chi connectivity index (χ4v) is 4.52. The van der Waals surface area contributed by atoms with E-state index in [9.17, 15) is 0 Å². The molecule has 0 radical (unpaired) electrons. The Bertz CT molecular complexity index is 1110. The van der Waals surface area contributed by atoms with E-state index in [0.717, 1.165) is 4.47 Å². The molecule has 26 heavy (non-hydrogen) atoms. The summed E-state index contributed by atoms with van der Waals surface area (Å²) in [7, 11) is 0. The van der Waals surface area contributed by atoms with Crippen LogP contribution in [0.4, 0.5) is 0 Å². The standard InChI is InChI=1S/C24H18BrN/c1-16-20-12-5-6-13-22(20)26-23(17-8-3-2-4-9-17)15-21(24(16)26)18-10-7-11-19(25)14-18/h2-16H,1H3. The first kappa shape index (κ1) is 15.7. The Kier molecular flexibility index (Phi) is 3.61. The number of aromatic nitrogens is 1. The molecule has 1 unspecified atom stereocenters. The summed E-state index contributed by atoms with van der Waals surface area (Å²) in [5.41, 5.74) is 9.15. The smallest absolute Gasteiger partial charge is 0.0538 e. The number of halogens is 1. The molecule has 0 N–H and O–H groups in total. The second-order valence-electron chi connectivity index (χ2n) is 6.82. The lowest BCUT2D eigenvalue weighted by Crippen LogP contribution is -1.96. The van der Waals surface area contributed by atoms with Crippen molar-refractivity contribution in [2.45, 2.75) is 12.8 Å². The van der Waals surface area contributed by atoms with Crippen LogP contribution in [0.5, 0.6) is 0 Å². The molecule has 0 saturated carbocycles. The van der Waals surface area contributed by atoms with Crippen molar-refractivity contribution in [2.75, 3.05) is 0 Å². The molecule has 2 heteroatoms. The van der Waals surface area contributed by atoms with Crippen molar-refractivity contribution >= 4 is 15.9 Å². The SMILES string of the molecule is CC1c2ccccc2-n2c(-c3ccccc3)cc(-c3cccc(Br)c3)c21. The average molecular weight is 400 g/mol. The molecule has 1 aliphatic heterocycles. The van der Waals surface area contributed by atoms with Gasteiger partial charge in [0.05, 0.1) is 5.69 Å². The third kappa shape index (κ3) is 2.29. The number of benzene rings is 3. The van der Waals surface area contributed by atoms with E-state index in [2.05, 4.69) is 112 Å². The number of hydrogen-bond acceptors (Lipinski definition) is 0. The second kappa shape index (κ2) is 6.00. The van der Waals surface area contributed by atoms with Crippen LogP contribution in [-0.2, 0) is 0 Å². The van der Waals surface area contributed by atoms with Crippen LogP contribution in [0.1, 0.15) is 24.1 Å². The number of hydrogen-bond donors (Lipinski definition) is 0. The molecule has 1 nitrogen and oxygen atoms in total. The Morgan fingerprint density at radius 2 is 1.50 bits per heavy atom. The Morgan fingerprint density at radius 3 is 2.31 bits per heavy atom. The number of nitrogens with zero attached hydrogens (tertiary/aromatic N) is 1. The third-order valence-electron chi connectivity index (χ3n) is 5.30. The summed E-state index contributed by atoms with van der Waals surface area (Å²) in [6.45, 7) is 2.31. The zero-order chi connectivity index (χ0) is 17.7. The zero-order valence-electron chi connectivity index (χ0n) is 14.5. The molecule has 2 heterocycles. The van der Waals surface area contributed by atoms with Crippen LogP contribution in [0, 0.1) is 0 Å². The van der Waals surface area contributed by atoms with E-state index in [1.165, 1.54) is 39.3 Å². The summed E-state index contributed by atoms with van der Waals surface area (Å²) in [4.78, 5) is 0. The lowest BCUT2D eigenvalue weighted by Gasteiger charge is -2.09. The van der Waals surface area contributed by atoms with Gasteiger partial charge in [0.25, 0.3) is 0 Å². The molecule has 0 bridgehead atoms. The van der Waals surface area contributed by atoms with Gasteiger partial charge in [-0.1, -0.05) is 83.5 Å². The van der Waals surface area contributed by atoms with E-state index in [1.54, 1.807) is 0 Å². The van der Waals surface area contributed by atoms with Gasteiger partial charge in [-0.2, -0.15) is 0 Å². The van der Waals surface area contributed by atoms with Gasteiger partial charge in [-0.15, -0.1) is 0 Å². The van der Waals surface area contributed by atoms with Crippen molar-refractivity contribution in [3.8, 4) is 28.1 Å². The van der Waals surface area contributed by atoms with E-state index in [-0.39, 0.29) is 0 Å². The van der Waals surface area contributed by atoms with Crippen LogP contribution >= 0.6 is 15.9 Å². The Balaban J connectivity index is 1.84. The molecule has 1 atom stereocenters. The minimum absolute atomic E-state index is 0.373. The van der Waals surface area contributed by atoms with Crippen LogP contribution in [0.15, 0.2) is 89.4 Å². The Hall–Kier alpha value is -2.58. The normalized spacial score (nSPS) is 14.9. The Labute approximate surface area is 162 Å². The molecular formula is C24H18BrN. The molecule has 3 aromatic carbocycles. The average Bonchev–Trinajstić information content (AvgIpc) is 3.20. The van der Waals surface area contributed by atoms with Crippen LogP contribution < -0.4 is 0 Å². The first-order chi connectivity index (χ1) is 12.7. The van der Waals surface area contributed by atoms with Gasteiger partial charge >= 0.3 is 0 Å². The van der Waals surface area contributed by atoms with Crippen LogP contribution in [0.3, 0.4) is 0 Å². The first-order valence-electron chi connectivity index (χ1n) is 8.90. The number of para-hydroxylation sites is 1. The Morgan fingerprint density at radius 1 is 0.769 bits per heavy atom. The maximum Gasteiger partial charge on any atom is 0.0538 e.